The zero-order valence-electron chi connectivity index (χ0n) is 7.27. The van der Waals surface area contributed by atoms with E-state index in [0.717, 1.165) is 16.6 Å². The number of thiophene rings is 1. The van der Waals surface area contributed by atoms with Gasteiger partial charge in [0.1, 0.15) is 0 Å². The van der Waals surface area contributed by atoms with E-state index in [1.54, 1.807) is 17.5 Å². The lowest BCUT2D eigenvalue weighted by molar-refractivity contribution is 0.697. The molecule has 0 saturated carbocycles. The minimum atomic E-state index is -0.0938. The second kappa shape index (κ2) is 4.20. The number of nitrogens with two attached hydrogens (primary N) is 1. The zero-order valence-corrected chi connectivity index (χ0v) is 9.68. The van der Waals surface area contributed by atoms with Crippen molar-refractivity contribution in [2.75, 3.05) is 0 Å². The van der Waals surface area contributed by atoms with Crippen LogP contribution in [0.25, 0.3) is 0 Å². The second-order valence-corrected chi connectivity index (χ2v) is 4.75. The minimum absolute atomic E-state index is 0.0938. The Bertz CT molecular complexity index is 397. The molecule has 3 N–H and O–H groups in total. The largest absolute Gasteiger partial charge is 0.322 e. The molecule has 0 bridgehead atoms. The Balaban J connectivity index is 2.09. The number of hydrogen-bond acceptors (Lipinski definition) is 4. The van der Waals surface area contributed by atoms with E-state index in [1.807, 2.05) is 11.4 Å². The molecule has 0 aliphatic carbocycles. The molecule has 0 amide bonds. The third-order valence-corrected chi connectivity index (χ3v) is 3.86. The number of nitrogens with zero attached hydrogens (tertiary/aromatic N) is 2. The molecule has 1 atom stereocenters. The Morgan fingerprint density at radius 3 is 3.07 bits per heavy atom. The predicted octanol–water partition coefficient (Wildman–Crippen LogP) is 1.87. The Hall–Kier alpha value is -0.720. The highest BCUT2D eigenvalue weighted by Gasteiger charge is 2.12. The van der Waals surface area contributed by atoms with Gasteiger partial charge in [0, 0.05) is 15.8 Å². The summed E-state index contributed by atoms with van der Waals surface area (Å²) in [6, 6.07) is 1.93. The number of aromatic nitrogens is 3. The monoisotopic (exact) mass is 272 g/mol. The summed E-state index contributed by atoms with van der Waals surface area (Å²) in [6.07, 6.45) is 2.44. The highest BCUT2D eigenvalue weighted by molar-refractivity contribution is 9.10. The summed E-state index contributed by atoms with van der Waals surface area (Å²) in [4.78, 5) is 1.24. The van der Waals surface area contributed by atoms with Crippen molar-refractivity contribution in [3.8, 4) is 0 Å². The van der Waals surface area contributed by atoms with Crippen LogP contribution in [0.4, 0.5) is 0 Å². The molecular weight excluding hydrogens is 264 g/mol. The van der Waals surface area contributed by atoms with Crippen LogP contribution in [0.3, 0.4) is 0 Å². The van der Waals surface area contributed by atoms with E-state index in [0.29, 0.717) is 0 Å². The summed E-state index contributed by atoms with van der Waals surface area (Å²) in [7, 11) is 0. The molecule has 14 heavy (non-hydrogen) atoms. The fourth-order valence-corrected chi connectivity index (χ4v) is 2.74. The number of nitrogens with one attached hydrogen (secondary N) is 1. The van der Waals surface area contributed by atoms with Crippen molar-refractivity contribution in [3.63, 3.8) is 0 Å². The van der Waals surface area contributed by atoms with Crippen LogP contribution in [0.15, 0.2) is 22.1 Å². The molecule has 2 heterocycles. The first-order valence-electron chi connectivity index (χ1n) is 4.10. The van der Waals surface area contributed by atoms with Gasteiger partial charge in [0.05, 0.1) is 17.9 Å². The van der Waals surface area contributed by atoms with E-state index in [4.69, 9.17) is 5.73 Å². The zero-order chi connectivity index (χ0) is 9.97. The Morgan fingerprint density at radius 2 is 2.50 bits per heavy atom. The molecule has 6 heteroatoms. The number of halogens is 1. The number of aromatic amines is 1. The fourth-order valence-electron chi connectivity index (χ4n) is 1.16. The third-order valence-electron chi connectivity index (χ3n) is 1.91. The molecule has 0 aliphatic rings. The quantitative estimate of drug-likeness (QED) is 0.897. The summed E-state index contributed by atoms with van der Waals surface area (Å²) in [5.74, 6) is 0. The molecule has 1 unspecified atom stereocenters. The van der Waals surface area contributed by atoms with Crippen LogP contribution in [0.1, 0.15) is 16.6 Å². The van der Waals surface area contributed by atoms with E-state index in [-0.39, 0.29) is 6.04 Å². The summed E-state index contributed by atoms with van der Waals surface area (Å²) in [5, 5.41) is 12.3. The maximum Gasteiger partial charge on any atom is 0.0995 e. The lowest BCUT2D eigenvalue weighted by Gasteiger charge is -2.06. The summed E-state index contributed by atoms with van der Waals surface area (Å²) in [5.41, 5.74) is 6.76. The van der Waals surface area contributed by atoms with E-state index in [9.17, 15) is 0 Å². The predicted molar refractivity (Wildman–Crippen MR) is 59.0 cm³/mol. The highest BCUT2D eigenvalue weighted by atomic mass is 79.9. The van der Waals surface area contributed by atoms with Gasteiger partial charge in [0.2, 0.25) is 0 Å². The van der Waals surface area contributed by atoms with Crippen molar-refractivity contribution in [2.45, 2.75) is 12.5 Å². The van der Waals surface area contributed by atoms with Crippen molar-refractivity contribution in [1.82, 2.24) is 15.4 Å². The molecule has 0 saturated heterocycles. The van der Waals surface area contributed by atoms with Crippen molar-refractivity contribution in [3.05, 3.63) is 32.7 Å². The van der Waals surface area contributed by atoms with Gasteiger partial charge in [-0.2, -0.15) is 15.4 Å². The SMILES string of the molecule is NC(Cc1sccc1Br)c1cn[nH]n1. The second-order valence-electron chi connectivity index (χ2n) is 2.90. The van der Waals surface area contributed by atoms with Gasteiger partial charge in [0.25, 0.3) is 0 Å². The van der Waals surface area contributed by atoms with Gasteiger partial charge in [-0.15, -0.1) is 11.3 Å². The van der Waals surface area contributed by atoms with Crippen LogP contribution in [0, 0.1) is 0 Å². The van der Waals surface area contributed by atoms with E-state index in [2.05, 4.69) is 31.3 Å². The normalized spacial score (nSPS) is 13.0. The molecule has 0 fully saturated rings. The van der Waals surface area contributed by atoms with Gasteiger partial charge in [0.15, 0.2) is 0 Å². The van der Waals surface area contributed by atoms with Crippen molar-refractivity contribution >= 4 is 27.3 Å². The van der Waals surface area contributed by atoms with Crippen LogP contribution >= 0.6 is 27.3 Å². The number of hydrogen-bond donors (Lipinski definition) is 2. The van der Waals surface area contributed by atoms with Gasteiger partial charge >= 0.3 is 0 Å². The first-order chi connectivity index (χ1) is 6.77. The lowest BCUT2D eigenvalue weighted by atomic mass is 10.1. The van der Waals surface area contributed by atoms with E-state index >= 15 is 0 Å². The number of H-pyrrole nitrogens is 1. The standard InChI is InChI=1S/C8H9BrN4S/c9-5-1-2-14-8(5)3-6(10)7-4-11-13-12-7/h1-2,4,6H,3,10H2,(H,11,12,13). The van der Waals surface area contributed by atoms with Crippen LogP contribution < -0.4 is 5.73 Å². The van der Waals surface area contributed by atoms with E-state index < -0.39 is 0 Å². The summed E-state index contributed by atoms with van der Waals surface area (Å²) in [6.45, 7) is 0. The maximum absolute atomic E-state index is 5.96. The van der Waals surface area contributed by atoms with Gasteiger partial charge in [-0.3, -0.25) is 0 Å². The molecule has 2 aromatic rings. The first kappa shape index (κ1) is 9.82. The summed E-state index contributed by atoms with van der Waals surface area (Å²) < 4.78 is 1.11. The average Bonchev–Trinajstić information content (AvgIpc) is 2.77. The molecule has 0 spiro atoms. The van der Waals surface area contributed by atoms with Crippen molar-refractivity contribution < 1.29 is 0 Å². The molecule has 2 aromatic heterocycles. The smallest absolute Gasteiger partial charge is 0.0995 e. The molecule has 2 rings (SSSR count). The van der Waals surface area contributed by atoms with Crippen LogP contribution in [0.2, 0.25) is 0 Å². The lowest BCUT2D eigenvalue weighted by Crippen LogP contribution is -2.13. The van der Waals surface area contributed by atoms with Crippen LogP contribution in [-0.4, -0.2) is 15.4 Å². The molecular formula is C8H9BrN4S. The Kier molecular flexibility index (Phi) is 2.95. The van der Waals surface area contributed by atoms with Crippen molar-refractivity contribution in [2.24, 2.45) is 5.73 Å². The minimum Gasteiger partial charge on any atom is -0.322 e. The molecule has 0 aromatic carbocycles. The van der Waals surface area contributed by atoms with Gasteiger partial charge < -0.3 is 5.73 Å². The fraction of sp³-hybridized carbons (Fsp3) is 0.250. The van der Waals surface area contributed by atoms with Gasteiger partial charge in [-0.25, -0.2) is 0 Å². The first-order valence-corrected chi connectivity index (χ1v) is 5.77. The molecule has 4 nitrogen and oxygen atoms in total. The molecule has 0 aliphatic heterocycles. The topological polar surface area (TPSA) is 67.6 Å². The summed E-state index contributed by atoms with van der Waals surface area (Å²) >= 11 is 5.16. The van der Waals surface area contributed by atoms with Gasteiger partial charge in [-0.1, -0.05) is 0 Å². The van der Waals surface area contributed by atoms with Crippen LogP contribution in [0.5, 0.6) is 0 Å². The van der Waals surface area contributed by atoms with E-state index in [1.165, 1.54) is 4.88 Å². The maximum atomic E-state index is 5.96. The number of rotatable bonds is 3. The molecule has 74 valence electrons. The molecule has 0 radical (unpaired) electrons. The Labute approximate surface area is 93.7 Å². The van der Waals surface area contributed by atoms with Gasteiger partial charge in [-0.05, 0) is 27.4 Å². The average molecular weight is 273 g/mol. The van der Waals surface area contributed by atoms with Crippen molar-refractivity contribution in [1.29, 1.82) is 0 Å². The van der Waals surface area contributed by atoms with Crippen LogP contribution in [-0.2, 0) is 6.42 Å². The highest BCUT2D eigenvalue weighted by Crippen LogP contribution is 2.26. The third kappa shape index (κ3) is 2.02. The Morgan fingerprint density at radius 1 is 1.64 bits per heavy atom.